The highest BCUT2D eigenvalue weighted by molar-refractivity contribution is 6.06. The van der Waals surface area contributed by atoms with E-state index in [2.05, 4.69) is 5.32 Å². The molecular formula is C18H18N2O3. The van der Waals surface area contributed by atoms with Crippen LogP contribution in [-0.2, 0) is 4.79 Å². The predicted octanol–water partition coefficient (Wildman–Crippen LogP) is 2.91. The number of benzene rings is 2. The molecule has 0 saturated carbocycles. The zero-order valence-electron chi connectivity index (χ0n) is 13.3. The number of nitrogens with zero attached hydrogens (tertiary/aromatic N) is 1. The summed E-state index contributed by atoms with van der Waals surface area (Å²) in [4.78, 5) is 25.6. The van der Waals surface area contributed by atoms with Crippen molar-refractivity contribution in [3.05, 3.63) is 53.1 Å². The van der Waals surface area contributed by atoms with E-state index >= 15 is 0 Å². The number of amides is 2. The van der Waals surface area contributed by atoms with E-state index in [9.17, 15) is 9.59 Å². The Labute approximate surface area is 134 Å². The molecular weight excluding hydrogens is 292 g/mol. The van der Waals surface area contributed by atoms with Gasteiger partial charge in [-0.05, 0) is 37.6 Å². The number of rotatable bonds is 2. The summed E-state index contributed by atoms with van der Waals surface area (Å²) in [6, 6.07) is 11.0. The molecule has 1 heterocycles. The molecule has 0 aliphatic carbocycles. The van der Waals surface area contributed by atoms with Gasteiger partial charge in [0.15, 0.2) is 6.61 Å². The van der Waals surface area contributed by atoms with E-state index in [0.29, 0.717) is 22.7 Å². The molecule has 118 valence electrons. The topological polar surface area (TPSA) is 58.6 Å². The van der Waals surface area contributed by atoms with Crippen LogP contribution < -0.4 is 15.0 Å². The van der Waals surface area contributed by atoms with E-state index in [1.807, 2.05) is 32.0 Å². The first-order chi connectivity index (χ1) is 11.0. The zero-order chi connectivity index (χ0) is 16.6. The molecule has 0 aromatic heterocycles. The summed E-state index contributed by atoms with van der Waals surface area (Å²) in [5, 5.41) is 2.87. The van der Waals surface area contributed by atoms with Gasteiger partial charge in [0.1, 0.15) is 5.75 Å². The van der Waals surface area contributed by atoms with Crippen LogP contribution in [0.5, 0.6) is 5.75 Å². The molecule has 5 heteroatoms. The second-order valence-corrected chi connectivity index (χ2v) is 5.70. The standard InChI is InChI=1S/C18H18N2O3/c1-11-4-6-14(12(2)8-11)18(22)19-13-5-7-15-16(9-13)23-10-17(21)20(15)3/h4-9H,10H2,1-3H3,(H,19,22). The van der Waals surface area contributed by atoms with Gasteiger partial charge in [-0.25, -0.2) is 0 Å². The number of hydrogen-bond donors (Lipinski definition) is 1. The fraction of sp³-hybridized carbons (Fsp3) is 0.222. The molecule has 0 unspecified atom stereocenters. The van der Waals surface area contributed by atoms with Crippen LogP contribution in [0.2, 0.25) is 0 Å². The third-order valence-corrected chi connectivity index (χ3v) is 3.93. The van der Waals surface area contributed by atoms with Crippen molar-refractivity contribution in [1.29, 1.82) is 0 Å². The lowest BCUT2D eigenvalue weighted by molar-refractivity contribution is -0.120. The first-order valence-corrected chi connectivity index (χ1v) is 7.38. The van der Waals surface area contributed by atoms with Crippen molar-refractivity contribution in [2.24, 2.45) is 0 Å². The van der Waals surface area contributed by atoms with E-state index in [1.54, 1.807) is 30.1 Å². The average Bonchev–Trinajstić information content (AvgIpc) is 2.51. The fourth-order valence-corrected chi connectivity index (χ4v) is 2.62. The third-order valence-electron chi connectivity index (χ3n) is 3.93. The Bertz CT molecular complexity index is 799. The first-order valence-electron chi connectivity index (χ1n) is 7.38. The van der Waals surface area contributed by atoms with E-state index < -0.39 is 0 Å². The molecule has 2 amide bonds. The van der Waals surface area contributed by atoms with Gasteiger partial charge in [0.2, 0.25) is 0 Å². The van der Waals surface area contributed by atoms with Crippen molar-refractivity contribution < 1.29 is 14.3 Å². The van der Waals surface area contributed by atoms with E-state index in [1.165, 1.54) is 0 Å². The SMILES string of the molecule is Cc1ccc(C(=O)Nc2ccc3c(c2)OCC(=O)N3C)c(C)c1. The molecule has 1 N–H and O–H groups in total. The highest BCUT2D eigenvalue weighted by Gasteiger charge is 2.22. The Morgan fingerprint density at radius 3 is 2.70 bits per heavy atom. The maximum Gasteiger partial charge on any atom is 0.264 e. The first kappa shape index (κ1) is 15.1. The monoisotopic (exact) mass is 310 g/mol. The fourth-order valence-electron chi connectivity index (χ4n) is 2.62. The lowest BCUT2D eigenvalue weighted by Gasteiger charge is -2.26. The second-order valence-electron chi connectivity index (χ2n) is 5.70. The summed E-state index contributed by atoms with van der Waals surface area (Å²) in [6.07, 6.45) is 0. The van der Waals surface area contributed by atoms with Gasteiger partial charge in [-0.2, -0.15) is 0 Å². The van der Waals surface area contributed by atoms with Crippen LogP contribution in [0.15, 0.2) is 36.4 Å². The number of ether oxygens (including phenoxy) is 1. The minimum Gasteiger partial charge on any atom is -0.481 e. The quantitative estimate of drug-likeness (QED) is 0.928. The van der Waals surface area contributed by atoms with Gasteiger partial charge in [-0.15, -0.1) is 0 Å². The van der Waals surface area contributed by atoms with Crippen LogP contribution in [0.3, 0.4) is 0 Å². The molecule has 2 aromatic carbocycles. The number of carbonyl (C=O) groups excluding carboxylic acids is 2. The largest absolute Gasteiger partial charge is 0.481 e. The summed E-state index contributed by atoms with van der Waals surface area (Å²) in [5.74, 6) is 0.331. The lowest BCUT2D eigenvalue weighted by Crippen LogP contribution is -2.35. The van der Waals surface area contributed by atoms with Crippen LogP contribution in [0.25, 0.3) is 0 Å². The summed E-state index contributed by atoms with van der Waals surface area (Å²) >= 11 is 0. The van der Waals surface area contributed by atoms with Crippen molar-refractivity contribution >= 4 is 23.2 Å². The van der Waals surface area contributed by atoms with Gasteiger partial charge in [0, 0.05) is 24.4 Å². The molecule has 0 bridgehead atoms. The molecule has 0 spiro atoms. The summed E-state index contributed by atoms with van der Waals surface area (Å²) in [7, 11) is 1.71. The molecule has 1 aliphatic rings. The molecule has 2 aromatic rings. The number of aryl methyl sites for hydroxylation is 2. The van der Waals surface area contributed by atoms with Crippen LogP contribution in [-0.4, -0.2) is 25.5 Å². The molecule has 0 saturated heterocycles. The number of likely N-dealkylation sites (N-methyl/N-ethyl adjacent to an activating group) is 1. The van der Waals surface area contributed by atoms with E-state index in [0.717, 1.165) is 11.1 Å². The van der Waals surface area contributed by atoms with Gasteiger partial charge >= 0.3 is 0 Å². The van der Waals surface area contributed by atoms with Crippen molar-refractivity contribution in [2.45, 2.75) is 13.8 Å². The molecule has 23 heavy (non-hydrogen) atoms. The van der Waals surface area contributed by atoms with E-state index in [4.69, 9.17) is 4.74 Å². The smallest absolute Gasteiger partial charge is 0.264 e. The van der Waals surface area contributed by atoms with Gasteiger partial charge in [0.25, 0.3) is 11.8 Å². The van der Waals surface area contributed by atoms with Crippen molar-refractivity contribution in [2.75, 3.05) is 23.9 Å². The van der Waals surface area contributed by atoms with Gasteiger partial charge in [-0.3, -0.25) is 9.59 Å². The number of fused-ring (bicyclic) bond motifs is 1. The molecule has 5 nitrogen and oxygen atoms in total. The Morgan fingerprint density at radius 2 is 1.96 bits per heavy atom. The number of hydrogen-bond acceptors (Lipinski definition) is 3. The van der Waals surface area contributed by atoms with Crippen LogP contribution in [0, 0.1) is 13.8 Å². The predicted molar refractivity (Wildman–Crippen MR) is 89.2 cm³/mol. The molecule has 3 rings (SSSR count). The minimum atomic E-state index is -0.164. The van der Waals surface area contributed by atoms with Crippen molar-refractivity contribution in [1.82, 2.24) is 0 Å². The van der Waals surface area contributed by atoms with Crippen LogP contribution in [0.1, 0.15) is 21.5 Å². The Balaban J connectivity index is 1.83. The molecule has 0 radical (unpaired) electrons. The zero-order valence-corrected chi connectivity index (χ0v) is 13.3. The summed E-state index contributed by atoms with van der Waals surface area (Å²) < 4.78 is 5.43. The minimum absolute atomic E-state index is 0.0119. The average molecular weight is 310 g/mol. The number of nitrogens with one attached hydrogen (secondary N) is 1. The Kier molecular flexibility index (Phi) is 3.78. The van der Waals surface area contributed by atoms with Gasteiger partial charge in [-0.1, -0.05) is 17.7 Å². The third kappa shape index (κ3) is 2.90. The number of anilines is 2. The van der Waals surface area contributed by atoms with Crippen LogP contribution in [0.4, 0.5) is 11.4 Å². The molecule has 0 fully saturated rings. The Hall–Kier alpha value is -2.82. The van der Waals surface area contributed by atoms with Gasteiger partial charge in [0.05, 0.1) is 5.69 Å². The lowest BCUT2D eigenvalue weighted by atomic mass is 10.1. The van der Waals surface area contributed by atoms with E-state index in [-0.39, 0.29) is 18.4 Å². The highest BCUT2D eigenvalue weighted by Crippen LogP contribution is 2.33. The normalized spacial score (nSPS) is 13.3. The second kappa shape index (κ2) is 5.76. The van der Waals surface area contributed by atoms with Crippen molar-refractivity contribution in [3.63, 3.8) is 0 Å². The summed E-state index contributed by atoms with van der Waals surface area (Å²) in [6.45, 7) is 3.92. The number of carbonyl (C=O) groups is 2. The highest BCUT2D eigenvalue weighted by atomic mass is 16.5. The maximum atomic E-state index is 12.4. The van der Waals surface area contributed by atoms with Crippen LogP contribution >= 0.6 is 0 Å². The maximum absolute atomic E-state index is 12.4. The Morgan fingerprint density at radius 1 is 1.17 bits per heavy atom. The van der Waals surface area contributed by atoms with Crippen molar-refractivity contribution in [3.8, 4) is 5.75 Å². The summed E-state index contributed by atoms with van der Waals surface area (Å²) in [5.41, 5.74) is 4.03. The molecule has 1 aliphatic heterocycles. The van der Waals surface area contributed by atoms with Gasteiger partial charge < -0.3 is 15.0 Å². The molecule has 0 atom stereocenters.